The highest BCUT2D eigenvalue weighted by atomic mass is 16.5. The van der Waals surface area contributed by atoms with Gasteiger partial charge in [-0.3, -0.25) is 14.9 Å². The van der Waals surface area contributed by atoms with Crippen LogP contribution in [-0.4, -0.2) is 18.4 Å². The Labute approximate surface area is 92.9 Å². The summed E-state index contributed by atoms with van der Waals surface area (Å²) in [4.78, 5) is 23.1. The monoisotopic (exact) mass is 217 g/mol. The van der Waals surface area contributed by atoms with Crippen molar-refractivity contribution in [2.45, 2.75) is 6.92 Å². The van der Waals surface area contributed by atoms with Crippen LogP contribution in [0, 0.1) is 0 Å². The van der Waals surface area contributed by atoms with Gasteiger partial charge in [-0.1, -0.05) is 18.2 Å². The molecule has 0 aromatic heterocycles. The Balaban J connectivity index is 2.51. The van der Waals surface area contributed by atoms with Crippen molar-refractivity contribution in [3.8, 4) is 0 Å². The summed E-state index contributed by atoms with van der Waals surface area (Å²) in [5.41, 5.74) is 1.50. The Morgan fingerprint density at radius 2 is 1.88 bits per heavy atom. The summed E-state index contributed by atoms with van der Waals surface area (Å²) in [6.45, 7) is 2.31. The zero-order valence-electron chi connectivity index (χ0n) is 8.82. The van der Waals surface area contributed by atoms with Crippen LogP contribution in [0.5, 0.6) is 0 Å². The van der Waals surface area contributed by atoms with Crippen LogP contribution in [-0.2, 0) is 9.53 Å². The molecule has 2 amide bonds. The van der Waals surface area contributed by atoms with E-state index in [0.29, 0.717) is 23.3 Å². The first-order valence-corrected chi connectivity index (χ1v) is 5.01. The molecule has 0 atom stereocenters. The van der Waals surface area contributed by atoms with Gasteiger partial charge in [0.25, 0.3) is 11.8 Å². The number of benzene rings is 1. The summed E-state index contributed by atoms with van der Waals surface area (Å²) in [5.74, 6) is -0.786. The van der Waals surface area contributed by atoms with Gasteiger partial charge in [-0.2, -0.15) is 0 Å². The number of hydrogen-bond acceptors (Lipinski definition) is 3. The van der Waals surface area contributed by atoms with Gasteiger partial charge in [0.15, 0.2) is 0 Å². The van der Waals surface area contributed by atoms with Crippen molar-refractivity contribution in [2.24, 2.45) is 0 Å². The lowest BCUT2D eigenvalue weighted by atomic mass is 9.96. The van der Waals surface area contributed by atoms with Gasteiger partial charge in [0.2, 0.25) is 0 Å². The third-order valence-electron chi connectivity index (χ3n) is 2.30. The fourth-order valence-corrected chi connectivity index (χ4v) is 1.56. The largest absolute Gasteiger partial charge is 0.501 e. The molecule has 1 heterocycles. The first-order valence-electron chi connectivity index (χ1n) is 5.01. The molecule has 0 saturated carbocycles. The number of hydrogen-bond donors (Lipinski definition) is 1. The molecule has 0 unspecified atom stereocenters. The molecule has 2 rings (SSSR count). The highest BCUT2D eigenvalue weighted by Crippen LogP contribution is 2.23. The Kier molecular flexibility index (Phi) is 2.72. The van der Waals surface area contributed by atoms with Crippen molar-refractivity contribution < 1.29 is 14.3 Å². The van der Waals surface area contributed by atoms with Crippen LogP contribution < -0.4 is 5.32 Å². The van der Waals surface area contributed by atoms with E-state index in [1.165, 1.54) is 6.26 Å². The first kappa shape index (κ1) is 10.4. The maximum absolute atomic E-state index is 11.6. The normalized spacial score (nSPS) is 16.9. The molecule has 0 bridgehead atoms. The second-order valence-electron chi connectivity index (χ2n) is 3.32. The van der Waals surface area contributed by atoms with E-state index in [-0.39, 0.29) is 5.91 Å². The molecule has 1 N–H and O–H groups in total. The highest BCUT2D eigenvalue weighted by molar-refractivity contribution is 6.30. The van der Waals surface area contributed by atoms with Gasteiger partial charge in [0.05, 0.1) is 18.4 Å². The molecule has 0 saturated heterocycles. The molecule has 0 spiro atoms. The molecular formula is C12H11NO3. The van der Waals surface area contributed by atoms with Crippen molar-refractivity contribution in [3.63, 3.8) is 0 Å². The van der Waals surface area contributed by atoms with Crippen LogP contribution in [0.1, 0.15) is 22.8 Å². The second kappa shape index (κ2) is 4.18. The van der Waals surface area contributed by atoms with Gasteiger partial charge in [0.1, 0.15) is 0 Å². The zero-order chi connectivity index (χ0) is 11.5. The van der Waals surface area contributed by atoms with Crippen molar-refractivity contribution in [1.82, 2.24) is 5.32 Å². The van der Waals surface area contributed by atoms with Gasteiger partial charge in [0, 0.05) is 11.1 Å². The van der Waals surface area contributed by atoms with Crippen LogP contribution in [0.2, 0.25) is 0 Å². The molecule has 1 aromatic carbocycles. The van der Waals surface area contributed by atoms with E-state index in [1.807, 2.05) is 6.92 Å². The Bertz CT molecular complexity index is 477. The van der Waals surface area contributed by atoms with Gasteiger partial charge in [-0.05, 0) is 13.0 Å². The van der Waals surface area contributed by atoms with Crippen molar-refractivity contribution in [2.75, 3.05) is 6.61 Å². The third-order valence-corrected chi connectivity index (χ3v) is 2.30. The average Bonchev–Trinajstić information content (AvgIpc) is 2.29. The second-order valence-corrected chi connectivity index (χ2v) is 3.32. The molecule has 4 heteroatoms. The predicted octanol–water partition coefficient (Wildman–Crippen LogP) is 1.33. The molecule has 0 radical (unpaired) electrons. The molecule has 4 nitrogen and oxygen atoms in total. The van der Waals surface area contributed by atoms with Crippen LogP contribution >= 0.6 is 0 Å². The number of ether oxygens (including phenoxy) is 1. The minimum absolute atomic E-state index is 0.366. The summed E-state index contributed by atoms with van der Waals surface area (Å²) >= 11 is 0. The van der Waals surface area contributed by atoms with E-state index in [1.54, 1.807) is 24.3 Å². The average molecular weight is 217 g/mol. The summed E-state index contributed by atoms with van der Waals surface area (Å²) in [6.07, 6.45) is 1.39. The number of amides is 2. The standard InChI is InChI=1S/C12H11NO3/c1-2-16-7-10-8-5-3-4-6-9(8)11(14)13-12(10)15/h3-7H,2H2,1H3,(H,13,14,15). The smallest absolute Gasteiger partial charge is 0.261 e. The number of imide groups is 1. The van der Waals surface area contributed by atoms with E-state index in [0.717, 1.165) is 0 Å². The molecule has 16 heavy (non-hydrogen) atoms. The van der Waals surface area contributed by atoms with Crippen LogP contribution in [0.3, 0.4) is 0 Å². The Morgan fingerprint density at radius 1 is 1.19 bits per heavy atom. The summed E-state index contributed by atoms with van der Waals surface area (Å²) in [5, 5.41) is 2.27. The van der Waals surface area contributed by atoms with Gasteiger partial charge in [-0.15, -0.1) is 0 Å². The van der Waals surface area contributed by atoms with E-state index in [4.69, 9.17) is 4.74 Å². The number of nitrogens with one attached hydrogen (secondary N) is 1. The van der Waals surface area contributed by atoms with Crippen LogP contribution in [0.15, 0.2) is 30.5 Å². The molecule has 1 aliphatic rings. The van der Waals surface area contributed by atoms with Crippen molar-refractivity contribution in [3.05, 3.63) is 41.7 Å². The maximum atomic E-state index is 11.6. The summed E-state index contributed by atoms with van der Waals surface area (Å²) in [6, 6.07) is 6.95. The molecule has 1 aromatic rings. The lowest BCUT2D eigenvalue weighted by Gasteiger charge is -2.17. The zero-order valence-corrected chi connectivity index (χ0v) is 8.82. The summed E-state index contributed by atoms with van der Waals surface area (Å²) < 4.78 is 5.10. The van der Waals surface area contributed by atoms with Crippen LogP contribution in [0.4, 0.5) is 0 Å². The minimum atomic E-state index is -0.419. The third kappa shape index (κ3) is 1.69. The number of carbonyl (C=O) groups is 2. The highest BCUT2D eigenvalue weighted by Gasteiger charge is 2.26. The van der Waals surface area contributed by atoms with E-state index in [2.05, 4.69) is 5.32 Å². The molecule has 0 fully saturated rings. The maximum Gasteiger partial charge on any atom is 0.261 e. The van der Waals surface area contributed by atoms with Crippen molar-refractivity contribution >= 4 is 17.4 Å². The lowest BCUT2D eigenvalue weighted by Crippen LogP contribution is -2.36. The topological polar surface area (TPSA) is 55.4 Å². The number of rotatable bonds is 2. The molecule has 82 valence electrons. The molecule has 1 aliphatic heterocycles. The quantitative estimate of drug-likeness (QED) is 0.462. The number of carbonyl (C=O) groups excluding carboxylic acids is 2. The molecular weight excluding hydrogens is 206 g/mol. The summed E-state index contributed by atoms with van der Waals surface area (Å²) in [7, 11) is 0. The van der Waals surface area contributed by atoms with Gasteiger partial charge in [-0.25, -0.2) is 0 Å². The van der Waals surface area contributed by atoms with Crippen LogP contribution in [0.25, 0.3) is 5.57 Å². The number of fused-ring (bicyclic) bond motifs is 1. The van der Waals surface area contributed by atoms with E-state index >= 15 is 0 Å². The van der Waals surface area contributed by atoms with E-state index < -0.39 is 5.91 Å². The Morgan fingerprint density at radius 3 is 2.56 bits per heavy atom. The SMILES string of the molecule is CCOC=C1C(=O)NC(=O)c2ccccc21. The van der Waals surface area contributed by atoms with Gasteiger partial charge >= 0.3 is 0 Å². The fourth-order valence-electron chi connectivity index (χ4n) is 1.56. The predicted molar refractivity (Wildman–Crippen MR) is 58.5 cm³/mol. The lowest BCUT2D eigenvalue weighted by molar-refractivity contribution is -0.114. The van der Waals surface area contributed by atoms with E-state index in [9.17, 15) is 9.59 Å². The molecule has 0 aliphatic carbocycles. The Hall–Kier alpha value is -2.10. The fraction of sp³-hybridized carbons (Fsp3) is 0.167. The minimum Gasteiger partial charge on any atom is -0.501 e. The van der Waals surface area contributed by atoms with Crippen molar-refractivity contribution in [1.29, 1.82) is 0 Å². The first-order chi connectivity index (χ1) is 7.74. The van der Waals surface area contributed by atoms with Gasteiger partial charge < -0.3 is 4.74 Å².